The Labute approximate surface area is 113 Å². The highest BCUT2D eigenvalue weighted by atomic mass is 32.2. The van der Waals surface area contributed by atoms with Gasteiger partial charge in [0, 0.05) is 22.3 Å². The maximum Gasteiger partial charge on any atom is 0.241 e. The Hall–Kier alpha value is -0.430. The van der Waals surface area contributed by atoms with Crippen molar-refractivity contribution in [3.05, 3.63) is 15.8 Å². The Morgan fingerprint density at radius 2 is 2.28 bits per heavy atom. The van der Waals surface area contributed by atoms with Gasteiger partial charge in [0.1, 0.15) is 0 Å². The smallest absolute Gasteiger partial charge is 0.241 e. The number of sulfonamides is 1. The van der Waals surface area contributed by atoms with Gasteiger partial charge in [-0.1, -0.05) is 0 Å². The van der Waals surface area contributed by atoms with Crippen LogP contribution in [0.3, 0.4) is 0 Å². The molecule has 2 N–H and O–H groups in total. The van der Waals surface area contributed by atoms with E-state index in [0.29, 0.717) is 17.5 Å². The molecule has 1 aromatic heterocycles. The average Bonchev–Trinajstić information content (AvgIpc) is 2.88. The Balaban J connectivity index is 1.93. The fourth-order valence-electron chi connectivity index (χ4n) is 2.32. The summed E-state index contributed by atoms with van der Waals surface area (Å²) in [6.45, 7) is 5.35. The highest BCUT2D eigenvalue weighted by Gasteiger charge is 2.20. The maximum atomic E-state index is 12.1. The average molecular weight is 288 g/mol. The van der Waals surface area contributed by atoms with Crippen molar-refractivity contribution >= 4 is 21.4 Å². The van der Waals surface area contributed by atoms with Gasteiger partial charge < -0.3 is 5.32 Å². The zero-order valence-corrected chi connectivity index (χ0v) is 12.5. The van der Waals surface area contributed by atoms with Crippen LogP contribution in [0.4, 0.5) is 0 Å². The highest BCUT2D eigenvalue weighted by Crippen LogP contribution is 2.24. The summed E-state index contributed by atoms with van der Waals surface area (Å²) in [4.78, 5) is 2.33. The standard InChI is InChI=1S/C12H20N2O2S2/c1-9-8-12(10(2)17-9)18(15,16)14-7-5-11-4-3-6-13-11/h8,11,13-14H,3-7H2,1-2H3/t11-/m0/s1. The second-order valence-corrected chi connectivity index (χ2v) is 7.95. The summed E-state index contributed by atoms with van der Waals surface area (Å²) < 4.78 is 26.9. The number of hydrogen-bond acceptors (Lipinski definition) is 4. The summed E-state index contributed by atoms with van der Waals surface area (Å²) in [5.41, 5.74) is 0. The quantitative estimate of drug-likeness (QED) is 0.868. The largest absolute Gasteiger partial charge is 0.314 e. The Kier molecular flexibility index (Phi) is 4.42. The molecule has 6 heteroatoms. The molecule has 1 aromatic rings. The molecule has 1 saturated heterocycles. The first kappa shape index (κ1) is 14.0. The van der Waals surface area contributed by atoms with Gasteiger partial charge in [0.25, 0.3) is 0 Å². The Bertz CT molecular complexity index is 502. The van der Waals surface area contributed by atoms with Crippen molar-refractivity contribution in [3.8, 4) is 0 Å². The van der Waals surface area contributed by atoms with Crippen LogP contribution in [-0.2, 0) is 10.0 Å². The van der Waals surface area contributed by atoms with Gasteiger partial charge >= 0.3 is 0 Å². The summed E-state index contributed by atoms with van der Waals surface area (Å²) >= 11 is 1.52. The van der Waals surface area contributed by atoms with Gasteiger partial charge in [0.15, 0.2) is 0 Å². The summed E-state index contributed by atoms with van der Waals surface area (Å²) in [6, 6.07) is 2.22. The predicted octanol–water partition coefficient (Wildman–Crippen LogP) is 1.79. The lowest BCUT2D eigenvalue weighted by Crippen LogP contribution is -2.30. The molecule has 0 radical (unpaired) electrons. The summed E-state index contributed by atoms with van der Waals surface area (Å²) in [5.74, 6) is 0. The van der Waals surface area contributed by atoms with Gasteiger partial charge in [-0.05, 0) is 45.7 Å². The third kappa shape index (κ3) is 3.32. The molecule has 4 nitrogen and oxygen atoms in total. The molecule has 102 valence electrons. The lowest BCUT2D eigenvalue weighted by Gasteiger charge is -2.11. The highest BCUT2D eigenvalue weighted by molar-refractivity contribution is 7.89. The molecule has 1 atom stereocenters. The third-order valence-corrected chi connectivity index (χ3v) is 5.91. The number of rotatable bonds is 5. The first-order valence-electron chi connectivity index (χ1n) is 6.29. The predicted molar refractivity (Wildman–Crippen MR) is 74.6 cm³/mol. The molecule has 2 heterocycles. The van der Waals surface area contributed by atoms with Crippen molar-refractivity contribution in [2.45, 2.75) is 44.0 Å². The lowest BCUT2D eigenvalue weighted by molar-refractivity contribution is 0.539. The second kappa shape index (κ2) is 5.69. The van der Waals surface area contributed by atoms with E-state index in [4.69, 9.17) is 0 Å². The SMILES string of the molecule is Cc1cc(S(=O)(=O)NCC[C@@H]2CCCN2)c(C)s1. The molecule has 1 aliphatic rings. The van der Waals surface area contributed by atoms with E-state index in [-0.39, 0.29) is 0 Å². The van der Waals surface area contributed by atoms with E-state index in [1.165, 1.54) is 17.8 Å². The van der Waals surface area contributed by atoms with E-state index in [9.17, 15) is 8.42 Å². The molecular weight excluding hydrogens is 268 g/mol. The van der Waals surface area contributed by atoms with Crippen molar-refractivity contribution in [2.75, 3.05) is 13.1 Å². The molecule has 18 heavy (non-hydrogen) atoms. The molecule has 1 aliphatic heterocycles. The fourth-order valence-corrected chi connectivity index (χ4v) is 4.92. The zero-order valence-electron chi connectivity index (χ0n) is 10.8. The van der Waals surface area contributed by atoms with Crippen molar-refractivity contribution in [1.29, 1.82) is 0 Å². The van der Waals surface area contributed by atoms with Crippen LogP contribution in [0, 0.1) is 13.8 Å². The minimum absolute atomic E-state index is 0.435. The second-order valence-electron chi connectivity index (χ2n) is 4.76. The van der Waals surface area contributed by atoms with Crippen molar-refractivity contribution in [2.24, 2.45) is 0 Å². The molecule has 0 saturated carbocycles. The molecule has 0 aromatic carbocycles. The topological polar surface area (TPSA) is 58.2 Å². The molecular formula is C12H20N2O2S2. The van der Waals surface area contributed by atoms with Crippen molar-refractivity contribution in [3.63, 3.8) is 0 Å². The third-order valence-electron chi connectivity index (χ3n) is 3.23. The number of nitrogens with one attached hydrogen (secondary N) is 2. The minimum atomic E-state index is -3.33. The van der Waals surface area contributed by atoms with Crippen LogP contribution in [-0.4, -0.2) is 27.5 Å². The Morgan fingerprint density at radius 1 is 1.50 bits per heavy atom. The first-order valence-corrected chi connectivity index (χ1v) is 8.59. The van der Waals surface area contributed by atoms with Crippen LogP contribution in [0.25, 0.3) is 0 Å². The van der Waals surface area contributed by atoms with E-state index in [1.807, 2.05) is 13.8 Å². The van der Waals surface area contributed by atoms with Crippen molar-refractivity contribution < 1.29 is 8.42 Å². The molecule has 2 rings (SSSR count). The summed E-state index contributed by atoms with van der Waals surface area (Å²) in [6.07, 6.45) is 3.21. The van der Waals surface area contributed by atoms with E-state index in [0.717, 1.165) is 29.1 Å². The summed E-state index contributed by atoms with van der Waals surface area (Å²) in [7, 11) is -3.33. The van der Waals surface area contributed by atoms with Crippen LogP contribution >= 0.6 is 11.3 Å². The molecule has 1 fully saturated rings. The number of hydrogen-bond donors (Lipinski definition) is 2. The van der Waals surface area contributed by atoms with Gasteiger partial charge in [-0.2, -0.15) is 0 Å². The molecule has 0 aliphatic carbocycles. The van der Waals surface area contributed by atoms with E-state index in [2.05, 4.69) is 10.0 Å². The Morgan fingerprint density at radius 3 is 2.83 bits per heavy atom. The van der Waals surface area contributed by atoms with E-state index >= 15 is 0 Å². The lowest BCUT2D eigenvalue weighted by atomic mass is 10.2. The van der Waals surface area contributed by atoms with Gasteiger partial charge in [0.2, 0.25) is 10.0 Å². The van der Waals surface area contributed by atoms with Crippen LogP contribution < -0.4 is 10.0 Å². The summed E-state index contributed by atoms with van der Waals surface area (Å²) in [5, 5.41) is 3.37. The van der Waals surface area contributed by atoms with Gasteiger partial charge in [-0.25, -0.2) is 13.1 Å². The van der Waals surface area contributed by atoms with Crippen LogP contribution in [0.15, 0.2) is 11.0 Å². The monoisotopic (exact) mass is 288 g/mol. The minimum Gasteiger partial charge on any atom is -0.314 e. The van der Waals surface area contributed by atoms with Crippen LogP contribution in [0.2, 0.25) is 0 Å². The van der Waals surface area contributed by atoms with E-state index in [1.54, 1.807) is 6.07 Å². The molecule has 0 bridgehead atoms. The molecule has 0 amide bonds. The normalized spacial score (nSPS) is 20.4. The first-order chi connectivity index (χ1) is 8.49. The number of aryl methyl sites for hydroxylation is 2. The van der Waals surface area contributed by atoms with Crippen LogP contribution in [0.1, 0.15) is 29.0 Å². The fraction of sp³-hybridized carbons (Fsp3) is 0.667. The van der Waals surface area contributed by atoms with Gasteiger partial charge in [-0.3, -0.25) is 0 Å². The molecule has 0 unspecified atom stereocenters. The zero-order chi connectivity index (χ0) is 13.2. The van der Waals surface area contributed by atoms with Crippen molar-refractivity contribution in [1.82, 2.24) is 10.0 Å². The van der Waals surface area contributed by atoms with Crippen LogP contribution in [0.5, 0.6) is 0 Å². The maximum absolute atomic E-state index is 12.1. The van der Waals surface area contributed by atoms with Gasteiger partial charge in [-0.15, -0.1) is 11.3 Å². The number of thiophene rings is 1. The molecule has 0 spiro atoms. The van der Waals surface area contributed by atoms with E-state index < -0.39 is 10.0 Å². The van der Waals surface area contributed by atoms with Gasteiger partial charge in [0.05, 0.1) is 4.90 Å².